The van der Waals surface area contributed by atoms with Crippen molar-refractivity contribution in [1.29, 1.82) is 5.26 Å². The molecule has 3 aromatic rings. The summed E-state index contributed by atoms with van der Waals surface area (Å²) < 4.78 is 7.67. The smallest absolute Gasteiger partial charge is 0.125 e. The second kappa shape index (κ2) is 5.70. The van der Waals surface area contributed by atoms with Gasteiger partial charge < -0.3 is 14.2 Å². The van der Waals surface area contributed by atoms with Crippen molar-refractivity contribution < 1.29 is 9.84 Å². The number of para-hydroxylation sites is 1. The standard InChI is InChI=1S/C17H14N2O2/c18-9-15-14(10-19-8-4-3-6-16(15)19)12-21-17-7-2-1-5-13(17)11-20/h1-8,10,20H,11-12H2. The van der Waals surface area contributed by atoms with E-state index in [-0.39, 0.29) is 6.61 Å². The molecule has 104 valence electrons. The lowest BCUT2D eigenvalue weighted by Crippen LogP contribution is -1.99. The molecule has 0 atom stereocenters. The van der Waals surface area contributed by atoms with E-state index >= 15 is 0 Å². The van der Waals surface area contributed by atoms with Gasteiger partial charge in [0.05, 0.1) is 17.7 Å². The molecule has 0 amide bonds. The highest BCUT2D eigenvalue weighted by Gasteiger charge is 2.11. The summed E-state index contributed by atoms with van der Waals surface area (Å²) >= 11 is 0. The van der Waals surface area contributed by atoms with Crippen LogP contribution in [0, 0.1) is 11.3 Å². The molecule has 0 saturated carbocycles. The summed E-state index contributed by atoms with van der Waals surface area (Å²) in [5.74, 6) is 0.638. The molecule has 0 spiro atoms. The van der Waals surface area contributed by atoms with E-state index in [1.54, 1.807) is 0 Å². The molecule has 0 aliphatic heterocycles. The van der Waals surface area contributed by atoms with Gasteiger partial charge in [0.2, 0.25) is 0 Å². The van der Waals surface area contributed by atoms with Gasteiger partial charge in [-0.1, -0.05) is 24.3 Å². The van der Waals surface area contributed by atoms with E-state index in [0.717, 1.165) is 16.6 Å². The molecule has 2 heterocycles. The van der Waals surface area contributed by atoms with Crippen molar-refractivity contribution in [1.82, 2.24) is 4.40 Å². The Bertz CT molecular complexity index is 815. The first kappa shape index (κ1) is 13.2. The number of fused-ring (bicyclic) bond motifs is 1. The molecule has 0 fully saturated rings. The third-order valence-corrected chi connectivity index (χ3v) is 3.40. The summed E-state index contributed by atoms with van der Waals surface area (Å²) in [4.78, 5) is 0. The lowest BCUT2D eigenvalue weighted by molar-refractivity contribution is 0.259. The van der Waals surface area contributed by atoms with E-state index in [1.807, 2.05) is 59.3 Å². The maximum atomic E-state index is 9.34. The second-order valence-corrected chi connectivity index (χ2v) is 4.69. The van der Waals surface area contributed by atoms with Gasteiger partial charge in [-0.25, -0.2) is 0 Å². The minimum Gasteiger partial charge on any atom is -0.488 e. The topological polar surface area (TPSA) is 57.7 Å². The highest BCUT2D eigenvalue weighted by molar-refractivity contribution is 5.65. The Morgan fingerprint density at radius 3 is 2.71 bits per heavy atom. The molecule has 0 radical (unpaired) electrons. The van der Waals surface area contributed by atoms with Crippen LogP contribution in [0.4, 0.5) is 0 Å². The molecule has 0 bridgehead atoms. The highest BCUT2D eigenvalue weighted by Crippen LogP contribution is 2.22. The van der Waals surface area contributed by atoms with Gasteiger partial charge in [-0.05, 0) is 18.2 Å². The first-order valence-electron chi connectivity index (χ1n) is 6.63. The molecule has 21 heavy (non-hydrogen) atoms. The van der Waals surface area contributed by atoms with Crippen LogP contribution in [-0.2, 0) is 13.2 Å². The lowest BCUT2D eigenvalue weighted by Gasteiger charge is -2.09. The maximum Gasteiger partial charge on any atom is 0.125 e. The summed E-state index contributed by atoms with van der Waals surface area (Å²) in [6, 6.07) is 15.3. The highest BCUT2D eigenvalue weighted by atomic mass is 16.5. The average Bonchev–Trinajstić information content (AvgIpc) is 2.90. The Morgan fingerprint density at radius 2 is 1.90 bits per heavy atom. The van der Waals surface area contributed by atoms with Gasteiger partial charge in [0.25, 0.3) is 0 Å². The first-order valence-corrected chi connectivity index (χ1v) is 6.63. The molecule has 0 saturated heterocycles. The Labute approximate surface area is 122 Å². The first-order chi connectivity index (χ1) is 10.3. The number of benzene rings is 1. The molecule has 2 aromatic heterocycles. The van der Waals surface area contributed by atoms with Crippen LogP contribution in [0.1, 0.15) is 16.7 Å². The van der Waals surface area contributed by atoms with Crippen molar-refractivity contribution in [3.8, 4) is 11.8 Å². The van der Waals surface area contributed by atoms with Crippen LogP contribution in [0.25, 0.3) is 5.52 Å². The summed E-state index contributed by atoms with van der Waals surface area (Å²) in [6.07, 6.45) is 3.80. The number of aliphatic hydroxyl groups excluding tert-OH is 1. The Hall–Kier alpha value is -2.77. The normalized spacial score (nSPS) is 10.5. The molecular weight excluding hydrogens is 264 g/mol. The van der Waals surface area contributed by atoms with Crippen molar-refractivity contribution >= 4 is 5.52 Å². The van der Waals surface area contributed by atoms with Gasteiger partial charge in [-0.2, -0.15) is 5.26 Å². The van der Waals surface area contributed by atoms with Crippen LogP contribution >= 0.6 is 0 Å². The fourth-order valence-electron chi connectivity index (χ4n) is 2.35. The molecule has 1 aromatic carbocycles. The van der Waals surface area contributed by atoms with Crippen molar-refractivity contribution in [3.63, 3.8) is 0 Å². The maximum absolute atomic E-state index is 9.34. The SMILES string of the molecule is N#Cc1c(COc2ccccc2CO)cn2ccccc12. The number of aliphatic hydroxyl groups is 1. The summed E-state index contributed by atoms with van der Waals surface area (Å²) in [7, 11) is 0. The fraction of sp³-hybridized carbons (Fsp3) is 0.118. The molecule has 3 rings (SSSR count). The van der Waals surface area contributed by atoms with E-state index in [0.29, 0.717) is 17.9 Å². The zero-order chi connectivity index (χ0) is 14.7. The third kappa shape index (κ3) is 2.47. The summed E-state index contributed by atoms with van der Waals surface area (Å²) in [5.41, 5.74) is 3.06. The van der Waals surface area contributed by atoms with E-state index in [1.165, 1.54) is 0 Å². The van der Waals surface area contributed by atoms with Crippen molar-refractivity contribution in [3.05, 3.63) is 71.5 Å². The number of aromatic nitrogens is 1. The fourth-order valence-corrected chi connectivity index (χ4v) is 2.35. The van der Waals surface area contributed by atoms with Crippen LogP contribution < -0.4 is 4.74 Å². The van der Waals surface area contributed by atoms with Crippen LogP contribution in [-0.4, -0.2) is 9.51 Å². The van der Waals surface area contributed by atoms with Gasteiger partial charge in [-0.15, -0.1) is 0 Å². The van der Waals surface area contributed by atoms with Crippen LogP contribution in [0.5, 0.6) is 5.75 Å². The Balaban J connectivity index is 1.90. The number of nitrogens with zero attached hydrogens (tertiary/aromatic N) is 2. The molecule has 0 unspecified atom stereocenters. The van der Waals surface area contributed by atoms with Crippen molar-refractivity contribution in [2.24, 2.45) is 0 Å². The molecule has 4 heteroatoms. The largest absolute Gasteiger partial charge is 0.488 e. The number of rotatable bonds is 4. The van der Waals surface area contributed by atoms with E-state index in [9.17, 15) is 10.4 Å². The number of hydrogen-bond acceptors (Lipinski definition) is 3. The van der Waals surface area contributed by atoms with E-state index in [4.69, 9.17) is 4.74 Å². The minimum atomic E-state index is -0.0704. The number of hydrogen-bond donors (Lipinski definition) is 1. The van der Waals surface area contributed by atoms with Crippen LogP contribution in [0.2, 0.25) is 0 Å². The van der Waals surface area contributed by atoms with Gasteiger partial charge in [0, 0.05) is 23.5 Å². The van der Waals surface area contributed by atoms with Crippen LogP contribution in [0.3, 0.4) is 0 Å². The quantitative estimate of drug-likeness (QED) is 0.798. The summed E-state index contributed by atoms with van der Waals surface area (Å²) in [5, 5.41) is 18.6. The number of pyridine rings is 1. The Morgan fingerprint density at radius 1 is 1.10 bits per heavy atom. The lowest BCUT2D eigenvalue weighted by atomic mass is 10.2. The van der Waals surface area contributed by atoms with Gasteiger partial charge in [0.1, 0.15) is 18.4 Å². The van der Waals surface area contributed by atoms with Gasteiger partial charge >= 0.3 is 0 Å². The molecule has 1 N–H and O–H groups in total. The minimum absolute atomic E-state index is 0.0704. The zero-order valence-corrected chi connectivity index (χ0v) is 11.4. The molecule has 4 nitrogen and oxygen atoms in total. The van der Waals surface area contributed by atoms with E-state index in [2.05, 4.69) is 6.07 Å². The summed E-state index contributed by atoms with van der Waals surface area (Å²) in [6.45, 7) is 0.223. The number of ether oxygens (including phenoxy) is 1. The molecule has 0 aliphatic carbocycles. The number of nitriles is 1. The predicted molar refractivity (Wildman–Crippen MR) is 78.8 cm³/mol. The zero-order valence-electron chi connectivity index (χ0n) is 11.4. The average molecular weight is 278 g/mol. The second-order valence-electron chi connectivity index (χ2n) is 4.69. The molecular formula is C17H14N2O2. The van der Waals surface area contributed by atoms with E-state index < -0.39 is 0 Å². The van der Waals surface area contributed by atoms with Crippen molar-refractivity contribution in [2.45, 2.75) is 13.2 Å². The monoisotopic (exact) mass is 278 g/mol. The molecule has 0 aliphatic rings. The third-order valence-electron chi connectivity index (χ3n) is 3.40. The van der Waals surface area contributed by atoms with Crippen LogP contribution in [0.15, 0.2) is 54.9 Å². The van der Waals surface area contributed by atoms with Crippen molar-refractivity contribution in [2.75, 3.05) is 0 Å². The van der Waals surface area contributed by atoms with Gasteiger partial charge in [0.15, 0.2) is 0 Å². The Kier molecular flexibility index (Phi) is 3.59. The van der Waals surface area contributed by atoms with Gasteiger partial charge in [-0.3, -0.25) is 0 Å². The predicted octanol–water partition coefficient (Wildman–Crippen LogP) is 2.88.